The number of nitrogens with one attached hydrogen (secondary N) is 2. The average Bonchev–Trinajstić information content (AvgIpc) is 2.68. The maximum absolute atomic E-state index is 12.4. The molecule has 0 bridgehead atoms. The highest BCUT2D eigenvalue weighted by Gasteiger charge is 2.24. The molecule has 2 N–H and O–H groups in total. The monoisotopic (exact) mass is 366 g/mol. The smallest absolute Gasteiger partial charge is 0.251 e. The molecular weight excluding hydrogens is 338 g/mol. The first-order valence-electron chi connectivity index (χ1n) is 9.53. The number of carbonyl (C=O) groups excluding carboxylic acids is 2. The third kappa shape index (κ3) is 5.17. The number of hydrogen-bond acceptors (Lipinski definition) is 2. The molecule has 0 aromatic heterocycles. The molecule has 0 aliphatic carbocycles. The number of benzene rings is 2. The predicted molar refractivity (Wildman–Crippen MR) is 106 cm³/mol. The quantitative estimate of drug-likeness (QED) is 0.828. The van der Waals surface area contributed by atoms with E-state index in [1.165, 1.54) is 16.0 Å². The van der Waals surface area contributed by atoms with Crippen molar-refractivity contribution in [3.8, 4) is 0 Å². The van der Waals surface area contributed by atoms with Crippen LogP contribution in [0.2, 0.25) is 0 Å². The number of carbonyl (C=O) groups is 2. The van der Waals surface area contributed by atoms with Crippen molar-refractivity contribution in [3.63, 3.8) is 0 Å². The fourth-order valence-corrected chi connectivity index (χ4v) is 3.48. The summed E-state index contributed by atoms with van der Waals surface area (Å²) in [5.74, 6) is -0.207. The molecule has 27 heavy (non-hydrogen) atoms. The van der Waals surface area contributed by atoms with Gasteiger partial charge in [0, 0.05) is 11.1 Å². The van der Waals surface area contributed by atoms with Gasteiger partial charge in [-0.25, -0.2) is 0 Å². The topological polar surface area (TPSA) is 53.9 Å². The van der Waals surface area contributed by atoms with Crippen LogP contribution in [0.4, 0.5) is 0 Å². The molecule has 0 unspecified atom stereocenters. The van der Waals surface area contributed by atoms with E-state index in [0.29, 0.717) is 5.56 Å². The van der Waals surface area contributed by atoms with Crippen LogP contribution in [0, 0.1) is 13.8 Å². The van der Waals surface area contributed by atoms with Gasteiger partial charge >= 0.3 is 0 Å². The Hall–Kier alpha value is -2.66. The molecule has 0 spiro atoms. The summed E-state index contributed by atoms with van der Waals surface area (Å²) in [6.07, 6.45) is 0. The van der Waals surface area contributed by atoms with Crippen molar-refractivity contribution in [1.29, 1.82) is 0 Å². The molecule has 5 nitrogen and oxygen atoms in total. The maximum Gasteiger partial charge on any atom is 0.251 e. The third-order valence-electron chi connectivity index (χ3n) is 5.21. The van der Waals surface area contributed by atoms with Crippen molar-refractivity contribution in [1.82, 2.24) is 10.2 Å². The largest absolute Gasteiger partial charge is 0.343 e. The van der Waals surface area contributed by atoms with Gasteiger partial charge in [0.05, 0.1) is 32.7 Å². The summed E-state index contributed by atoms with van der Waals surface area (Å²) in [5, 5.41) is 2.74. The van der Waals surface area contributed by atoms with Crippen molar-refractivity contribution >= 4 is 11.8 Å². The zero-order valence-corrected chi connectivity index (χ0v) is 16.1. The second kappa shape index (κ2) is 8.82. The Morgan fingerprint density at radius 3 is 2.48 bits per heavy atom. The lowest BCUT2D eigenvalue weighted by Crippen LogP contribution is -3.13. The first-order chi connectivity index (χ1) is 13.0. The van der Waals surface area contributed by atoms with Crippen molar-refractivity contribution in [2.75, 3.05) is 32.7 Å². The van der Waals surface area contributed by atoms with E-state index in [1.807, 2.05) is 30.0 Å². The fourth-order valence-electron chi connectivity index (χ4n) is 3.48. The van der Waals surface area contributed by atoms with Crippen LogP contribution in [0.3, 0.4) is 0 Å². The predicted octanol–water partition coefficient (Wildman–Crippen LogP) is 0.961. The zero-order chi connectivity index (χ0) is 19.2. The molecule has 2 aromatic carbocycles. The van der Waals surface area contributed by atoms with Crippen LogP contribution in [0.1, 0.15) is 27.0 Å². The van der Waals surface area contributed by atoms with Crippen molar-refractivity contribution in [2.24, 2.45) is 0 Å². The van der Waals surface area contributed by atoms with Crippen molar-refractivity contribution in [3.05, 3.63) is 70.8 Å². The van der Waals surface area contributed by atoms with Gasteiger partial charge in [-0.1, -0.05) is 42.0 Å². The molecule has 5 heteroatoms. The molecule has 1 fully saturated rings. The first-order valence-corrected chi connectivity index (χ1v) is 9.53. The number of piperazine rings is 1. The lowest BCUT2D eigenvalue weighted by molar-refractivity contribution is -0.917. The summed E-state index contributed by atoms with van der Waals surface area (Å²) in [6, 6.07) is 15.9. The molecule has 0 radical (unpaired) electrons. The molecule has 1 saturated heterocycles. The fraction of sp³-hybridized carbons (Fsp3) is 0.364. The first kappa shape index (κ1) is 19.1. The van der Waals surface area contributed by atoms with E-state index in [9.17, 15) is 9.59 Å². The number of quaternary nitrogens is 1. The summed E-state index contributed by atoms with van der Waals surface area (Å²) in [7, 11) is 0. The summed E-state index contributed by atoms with van der Waals surface area (Å²) in [6.45, 7) is 8.49. The molecule has 2 aromatic rings. The molecule has 142 valence electrons. The van der Waals surface area contributed by atoms with E-state index < -0.39 is 0 Å². The van der Waals surface area contributed by atoms with Gasteiger partial charge < -0.3 is 15.1 Å². The molecule has 2 amide bonds. The molecule has 0 saturated carbocycles. The Kier molecular flexibility index (Phi) is 6.24. The summed E-state index contributed by atoms with van der Waals surface area (Å²) in [4.78, 5) is 28.0. The van der Waals surface area contributed by atoms with Gasteiger partial charge in [-0.3, -0.25) is 9.59 Å². The number of hydrogen-bond donors (Lipinski definition) is 2. The Labute approximate surface area is 161 Å². The van der Waals surface area contributed by atoms with Crippen LogP contribution >= 0.6 is 0 Å². The Morgan fingerprint density at radius 2 is 1.78 bits per heavy atom. The minimum absolute atomic E-state index is 0.00838. The van der Waals surface area contributed by atoms with Gasteiger partial charge in [0.15, 0.2) is 0 Å². The maximum atomic E-state index is 12.4. The van der Waals surface area contributed by atoms with Crippen LogP contribution in [0.15, 0.2) is 48.5 Å². The Bertz CT molecular complexity index is 811. The standard InChI is InChI=1S/C22H27N3O2/c1-17-6-5-9-19(14-17)22(27)23-15-21(26)25-12-10-24(11-13-25)16-20-8-4-3-7-18(20)2/h3-9,14H,10-13,15-16H2,1-2H3,(H,23,27)/p+1. The van der Waals surface area contributed by atoms with Crippen LogP contribution in [0.5, 0.6) is 0 Å². The van der Waals surface area contributed by atoms with Gasteiger partial charge in [-0.2, -0.15) is 0 Å². The second-order valence-corrected chi connectivity index (χ2v) is 7.29. The lowest BCUT2D eigenvalue weighted by atomic mass is 10.1. The Balaban J connectivity index is 1.44. The van der Waals surface area contributed by atoms with Gasteiger partial charge in [0.25, 0.3) is 5.91 Å². The van der Waals surface area contributed by atoms with E-state index in [0.717, 1.165) is 38.3 Å². The zero-order valence-electron chi connectivity index (χ0n) is 16.1. The number of amides is 2. The van der Waals surface area contributed by atoms with Crippen LogP contribution < -0.4 is 10.2 Å². The van der Waals surface area contributed by atoms with Gasteiger partial charge in [0.2, 0.25) is 5.91 Å². The minimum Gasteiger partial charge on any atom is -0.343 e. The molecule has 3 rings (SSSR count). The van der Waals surface area contributed by atoms with E-state index in [-0.39, 0.29) is 18.4 Å². The summed E-state index contributed by atoms with van der Waals surface area (Å²) in [5.41, 5.74) is 4.32. The highest BCUT2D eigenvalue weighted by Crippen LogP contribution is 2.05. The molecular formula is C22H28N3O2+. The van der Waals surface area contributed by atoms with Crippen LogP contribution in [0.25, 0.3) is 0 Å². The van der Waals surface area contributed by atoms with Gasteiger partial charge in [-0.05, 0) is 31.5 Å². The molecule has 1 aliphatic heterocycles. The van der Waals surface area contributed by atoms with Crippen LogP contribution in [-0.2, 0) is 11.3 Å². The molecule has 0 atom stereocenters. The van der Waals surface area contributed by atoms with E-state index >= 15 is 0 Å². The summed E-state index contributed by atoms with van der Waals surface area (Å²) >= 11 is 0. The average molecular weight is 366 g/mol. The molecule has 1 aliphatic rings. The number of aryl methyl sites for hydroxylation is 2. The second-order valence-electron chi connectivity index (χ2n) is 7.29. The number of rotatable bonds is 5. The van der Waals surface area contributed by atoms with Crippen molar-refractivity contribution in [2.45, 2.75) is 20.4 Å². The molecule has 1 heterocycles. The highest BCUT2D eigenvalue weighted by molar-refractivity contribution is 5.96. The van der Waals surface area contributed by atoms with Gasteiger partial charge in [-0.15, -0.1) is 0 Å². The van der Waals surface area contributed by atoms with Crippen molar-refractivity contribution < 1.29 is 14.5 Å². The van der Waals surface area contributed by atoms with Gasteiger partial charge in [0.1, 0.15) is 6.54 Å². The van der Waals surface area contributed by atoms with E-state index in [2.05, 4.69) is 36.5 Å². The Morgan fingerprint density at radius 1 is 1.04 bits per heavy atom. The summed E-state index contributed by atoms with van der Waals surface area (Å²) < 4.78 is 0. The highest BCUT2D eigenvalue weighted by atomic mass is 16.2. The lowest BCUT2D eigenvalue weighted by Gasteiger charge is -2.32. The SMILES string of the molecule is Cc1cccc(C(=O)NCC(=O)N2CC[NH+](Cc3ccccc3C)CC2)c1. The number of nitrogens with zero attached hydrogens (tertiary/aromatic N) is 1. The normalized spacial score (nSPS) is 14.8. The van der Waals surface area contributed by atoms with E-state index in [4.69, 9.17) is 0 Å². The third-order valence-corrected chi connectivity index (χ3v) is 5.21. The van der Waals surface area contributed by atoms with E-state index in [1.54, 1.807) is 6.07 Å². The minimum atomic E-state index is -0.198. The van der Waals surface area contributed by atoms with Crippen LogP contribution in [-0.4, -0.2) is 49.4 Å².